The molecule has 0 saturated carbocycles. The lowest BCUT2D eigenvalue weighted by Gasteiger charge is -1.98. The third-order valence-corrected chi connectivity index (χ3v) is 4.09. The molecule has 1 unspecified atom stereocenters. The molecule has 1 aromatic carbocycles. The van der Waals surface area contributed by atoms with Crippen molar-refractivity contribution in [2.24, 2.45) is 0 Å². The molecule has 0 bridgehead atoms. The molecule has 0 fully saturated rings. The fraction of sp³-hybridized carbons (Fsp3) is 0.182. The van der Waals surface area contributed by atoms with Crippen LogP contribution < -0.4 is 0 Å². The average Bonchev–Trinajstić information content (AvgIpc) is 2.66. The van der Waals surface area contributed by atoms with Crippen LogP contribution in [0.5, 0.6) is 0 Å². The fourth-order valence-electron chi connectivity index (χ4n) is 1.47. The Hall–Kier alpha value is -0.730. The largest absolute Gasteiger partial charge is 0.243 e. The highest BCUT2D eigenvalue weighted by molar-refractivity contribution is 14.2. The molecule has 0 saturated heterocycles. The minimum Gasteiger partial charge on any atom is -0.234 e. The highest BCUT2D eigenvalue weighted by Crippen LogP contribution is 2.31. The van der Waals surface area contributed by atoms with Crippen molar-refractivity contribution >= 4 is 39.3 Å². The molecule has 0 amide bonds. The second-order valence-corrected chi connectivity index (χ2v) is 5.30. The van der Waals surface area contributed by atoms with Gasteiger partial charge in [-0.3, -0.25) is 0 Å². The van der Waals surface area contributed by atoms with Gasteiger partial charge in [0.15, 0.2) is 5.82 Å². The summed E-state index contributed by atoms with van der Waals surface area (Å²) in [7, 11) is 0. The number of hydrogen-bond acceptors (Lipinski definition) is 1. The number of halogens is 3. The highest BCUT2D eigenvalue weighted by Gasteiger charge is 2.16. The van der Waals surface area contributed by atoms with E-state index >= 15 is 0 Å². The molecule has 0 spiro atoms. The van der Waals surface area contributed by atoms with Gasteiger partial charge in [-0.15, -0.1) is 5.10 Å². The first-order valence-corrected chi connectivity index (χ1v) is 8.97. The van der Waals surface area contributed by atoms with Crippen molar-refractivity contribution < 1.29 is 8.78 Å². The van der Waals surface area contributed by atoms with Crippen LogP contribution in [0, 0.1) is 23.6 Å². The van der Waals surface area contributed by atoms with Crippen LogP contribution in [0.25, 0.3) is 10.9 Å². The van der Waals surface area contributed by atoms with E-state index in [0.29, 0.717) is 11.9 Å². The summed E-state index contributed by atoms with van der Waals surface area (Å²) in [6, 6.07) is 3.22. The molecule has 0 aliphatic carbocycles. The van der Waals surface area contributed by atoms with Gasteiger partial charge >= 0.3 is 0 Å². The molecular formula is C11H8F2IN2P. The molecule has 6 heteroatoms. The topological polar surface area (TPSA) is 17.8 Å². The number of hydrogen-bond donors (Lipinski definition) is 0. The lowest BCUT2D eigenvalue weighted by Crippen LogP contribution is -1.87. The highest BCUT2D eigenvalue weighted by atomic mass is 127. The van der Waals surface area contributed by atoms with Gasteiger partial charge in [0.25, 0.3) is 0 Å². The Balaban J connectivity index is 2.71. The Morgan fingerprint density at radius 1 is 1.47 bits per heavy atom. The molecule has 17 heavy (non-hydrogen) atoms. The van der Waals surface area contributed by atoms with Gasteiger partial charge in [-0.05, 0) is 34.2 Å². The molecule has 0 aliphatic rings. The molecule has 0 aliphatic heterocycles. The van der Waals surface area contributed by atoms with Gasteiger partial charge in [0.1, 0.15) is 0 Å². The molecule has 0 radical (unpaired) electrons. The van der Waals surface area contributed by atoms with Crippen molar-refractivity contribution in [3.05, 3.63) is 29.5 Å². The van der Waals surface area contributed by atoms with E-state index in [2.05, 4.69) is 39.0 Å². The second-order valence-electron chi connectivity index (χ2n) is 3.26. The van der Waals surface area contributed by atoms with E-state index in [9.17, 15) is 8.78 Å². The Morgan fingerprint density at radius 2 is 2.24 bits per heavy atom. The standard InChI is InChI=1S/C11H8F2IN2P/c1-2-3-4-7-5-6-8-9(10(7)12)11(13)15-16(8)17-14/h5-6,17H,2H2,1H3. The maximum Gasteiger partial charge on any atom is 0.243 e. The second kappa shape index (κ2) is 5.28. The Labute approximate surface area is 112 Å². The van der Waals surface area contributed by atoms with Gasteiger partial charge < -0.3 is 0 Å². The summed E-state index contributed by atoms with van der Waals surface area (Å²) in [4.78, 5) is 0. The van der Waals surface area contributed by atoms with E-state index in [1.807, 2.05) is 6.92 Å². The van der Waals surface area contributed by atoms with E-state index in [1.165, 1.54) is 4.45 Å². The van der Waals surface area contributed by atoms with Crippen LogP contribution in [0.15, 0.2) is 12.1 Å². The summed E-state index contributed by atoms with van der Waals surface area (Å²) in [5.41, 5.74) is 0.685. The van der Waals surface area contributed by atoms with Crippen molar-refractivity contribution in [1.29, 1.82) is 0 Å². The summed E-state index contributed by atoms with van der Waals surface area (Å²) < 4.78 is 29.0. The number of fused-ring (bicyclic) bond motifs is 1. The third-order valence-electron chi connectivity index (χ3n) is 2.22. The molecule has 2 nitrogen and oxygen atoms in total. The summed E-state index contributed by atoms with van der Waals surface area (Å²) >= 11 is 2.07. The lowest BCUT2D eigenvalue weighted by atomic mass is 10.1. The van der Waals surface area contributed by atoms with Crippen molar-refractivity contribution in [3.8, 4) is 11.8 Å². The zero-order valence-electron chi connectivity index (χ0n) is 8.89. The number of nitrogens with zero attached hydrogens (tertiary/aromatic N) is 2. The van der Waals surface area contributed by atoms with Crippen LogP contribution in [0.3, 0.4) is 0 Å². The normalized spacial score (nSPS) is 11.1. The van der Waals surface area contributed by atoms with E-state index < -0.39 is 11.8 Å². The van der Waals surface area contributed by atoms with Gasteiger partial charge in [-0.25, -0.2) is 8.84 Å². The molecule has 0 N–H and O–H groups in total. The fourth-order valence-corrected chi connectivity index (χ4v) is 2.98. The minimum atomic E-state index is -0.776. The molecule has 2 aromatic rings. The summed E-state index contributed by atoms with van der Waals surface area (Å²) in [5, 5.41) is 3.58. The third kappa shape index (κ3) is 2.29. The van der Waals surface area contributed by atoms with Crippen LogP contribution >= 0.6 is 28.4 Å². The van der Waals surface area contributed by atoms with Crippen molar-refractivity contribution in [2.75, 3.05) is 0 Å². The molecule has 88 valence electrons. The Morgan fingerprint density at radius 3 is 2.88 bits per heavy atom. The van der Waals surface area contributed by atoms with Gasteiger partial charge in [0.05, 0.1) is 22.8 Å². The number of rotatable bonds is 1. The lowest BCUT2D eigenvalue weighted by molar-refractivity contribution is 0.571. The first kappa shape index (κ1) is 12.7. The van der Waals surface area contributed by atoms with E-state index in [1.54, 1.807) is 12.1 Å². The van der Waals surface area contributed by atoms with Crippen LogP contribution in [0.2, 0.25) is 0 Å². The van der Waals surface area contributed by atoms with Crippen LogP contribution in [0.1, 0.15) is 18.9 Å². The molecule has 1 atom stereocenters. The average molecular weight is 364 g/mol. The molecule has 1 heterocycles. The smallest absolute Gasteiger partial charge is 0.234 e. The maximum absolute atomic E-state index is 14.0. The minimum absolute atomic E-state index is 0.0722. The predicted octanol–water partition coefficient (Wildman–Crippen LogP) is 3.87. The zero-order chi connectivity index (χ0) is 12.4. The van der Waals surface area contributed by atoms with Gasteiger partial charge in [-0.2, -0.15) is 4.39 Å². The van der Waals surface area contributed by atoms with E-state index in [-0.39, 0.29) is 17.3 Å². The molecule has 2 rings (SSSR count). The van der Waals surface area contributed by atoms with Gasteiger partial charge in [0, 0.05) is 6.42 Å². The number of aromatic nitrogens is 2. The van der Waals surface area contributed by atoms with Crippen LogP contribution in [0.4, 0.5) is 8.78 Å². The van der Waals surface area contributed by atoms with Crippen molar-refractivity contribution in [1.82, 2.24) is 9.55 Å². The zero-order valence-corrected chi connectivity index (χ0v) is 12.0. The predicted molar refractivity (Wildman–Crippen MR) is 74.6 cm³/mol. The first-order chi connectivity index (χ1) is 8.19. The molecule has 1 aromatic heterocycles. The Bertz CT molecular complexity index is 628. The summed E-state index contributed by atoms with van der Waals surface area (Å²) in [6.07, 6.45) is 0.865. The van der Waals surface area contributed by atoms with E-state index in [4.69, 9.17) is 0 Å². The Kier molecular flexibility index (Phi) is 3.95. The molecular weight excluding hydrogens is 356 g/mol. The summed E-state index contributed by atoms with van der Waals surface area (Å²) in [6.45, 7) is 1.87. The van der Waals surface area contributed by atoms with Gasteiger partial charge in [-0.1, -0.05) is 18.8 Å². The van der Waals surface area contributed by atoms with Crippen molar-refractivity contribution in [3.63, 3.8) is 0 Å². The maximum atomic E-state index is 14.0. The first-order valence-electron chi connectivity index (χ1n) is 4.91. The van der Waals surface area contributed by atoms with Crippen molar-refractivity contribution in [2.45, 2.75) is 13.3 Å². The quantitative estimate of drug-likeness (QED) is 0.427. The SMILES string of the molecule is CCC#Cc1ccc2c(c(F)nn2PI)c1F. The number of benzene rings is 1. The van der Waals surface area contributed by atoms with Crippen LogP contribution in [-0.4, -0.2) is 9.55 Å². The monoisotopic (exact) mass is 364 g/mol. The van der Waals surface area contributed by atoms with E-state index in [0.717, 1.165) is 0 Å². The summed E-state index contributed by atoms with van der Waals surface area (Å²) in [5.74, 6) is 4.05. The van der Waals surface area contributed by atoms with Gasteiger partial charge in [0.2, 0.25) is 5.95 Å². The van der Waals surface area contributed by atoms with Crippen LogP contribution in [-0.2, 0) is 0 Å².